The third kappa shape index (κ3) is 2.54. The number of aliphatic imine (C=N–C) groups is 1. The third-order valence-electron chi connectivity index (χ3n) is 2.29. The summed E-state index contributed by atoms with van der Waals surface area (Å²) in [5.74, 6) is 5.82. The van der Waals surface area contributed by atoms with E-state index in [-0.39, 0.29) is 0 Å². The van der Waals surface area contributed by atoms with E-state index in [0.717, 1.165) is 21.1 Å². The van der Waals surface area contributed by atoms with Crippen molar-refractivity contribution in [2.24, 2.45) is 10.8 Å². The molecule has 0 atom stereocenters. The van der Waals surface area contributed by atoms with Gasteiger partial charge in [0.2, 0.25) is 5.96 Å². The Labute approximate surface area is 107 Å². The molecule has 88 valence electrons. The van der Waals surface area contributed by atoms with Crippen LogP contribution in [-0.2, 0) is 0 Å². The maximum Gasteiger partial charge on any atom is 0.210 e. The van der Waals surface area contributed by atoms with Crippen LogP contribution in [0.25, 0.3) is 10.9 Å². The Morgan fingerprint density at radius 2 is 2.29 bits per heavy atom. The first-order chi connectivity index (χ1) is 8.24. The highest BCUT2D eigenvalue weighted by molar-refractivity contribution is 9.10. The number of aromatic nitrogens is 1. The van der Waals surface area contributed by atoms with Crippen molar-refractivity contribution in [2.75, 3.05) is 12.4 Å². The summed E-state index contributed by atoms with van der Waals surface area (Å²) < 4.78 is 0.948. The van der Waals surface area contributed by atoms with Crippen LogP contribution in [-0.4, -0.2) is 18.0 Å². The molecule has 0 spiro atoms. The van der Waals surface area contributed by atoms with Gasteiger partial charge in [-0.1, -0.05) is 12.1 Å². The average molecular weight is 294 g/mol. The van der Waals surface area contributed by atoms with Crippen molar-refractivity contribution in [3.63, 3.8) is 0 Å². The van der Waals surface area contributed by atoms with Crippen molar-refractivity contribution in [1.82, 2.24) is 10.4 Å². The van der Waals surface area contributed by atoms with E-state index in [1.165, 1.54) is 0 Å². The van der Waals surface area contributed by atoms with Gasteiger partial charge in [0, 0.05) is 23.1 Å². The lowest BCUT2D eigenvalue weighted by Crippen LogP contribution is -2.36. The second-order valence-corrected chi connectivity index (χ2v) is 4.29. The Hall–Kier alpha value is -1.66. The molecule has 1 aromatic carbocycles. The highest BCUT2D eigenvalue weighted by Gasteiger charge is 2.04. The number of rotatable bonds is 1. The van der Waals surface area contributed by atoms with Crippen molar-refractivity contribution >= 4 is 38.5 Å². The van der Waals surface area contributed by atoms with Crippen LogP contribution in [0, 0.1) is 0 Å². The molecule has 1 aromatic heterocycles. The number of nitrogens with one attached hydrogen (secondary N) is 2. The number of pyridine rings is 1. The zero-order valence-corrected chi connectivity index (χ0v) is 10.8. The Morgan fingerprint density at radius 1 is 1.47 bits per heavy atom. The summed E-state index contributed by atoms with van der Waals surface area (Å²) in [6.07, 6.45) is 1.76. The summed E-state index contributed by atoms with van der Waals surface area (Å²) in [5.41, 5.74) is 4.20. The number of hydrogen-bond donors (Lipinski definition) is 3. The Kier molecular flexibility index (Phi) is 3.55. The molecule has 0 aliphatic rings. The minimum atomic E-state index is 0.488. The first-order valence-electron chi connectivity index (χ1n) is 4.99. The van der Waals surface area contributed by atoms with Gasteiger partial charge in [-0.3, -0.25) is 15.4 Å². The molecule has 0 saturated heterocycles. The summed E-state index contributed by atoms with van der Waals surface area (Å²) in [6.45, 7) is 0. The second kappa shape index (κ2) is 5.11. The van der Waals surface area contributed by atoms with Gasteiger partial charge in [0.15, 0.2) is 0 Å². The van der Waals surface area contributed by atoms with E-state index in [1.54, 1.807) is 13.2 Å². The van der Waals surface area contributed by atoms with Gasteiger partial charge < -0.3 is 5.32 Å². The molecule has 2 aromatic rings. The maximum absolute atomic E-state index is 5.33. The zero-order chi connectivity index (χ0) is 12.3. The smallest absolute Gasteiger partial charge is 0.210 e. The lowest BCUT2D eigenvalue weighted by Gasteiger charge is -2.10. The lowest BCUT2D eigenvalue weighted by molar-refractivity contribution is 1.01. The highest BCUT2D eigenvalue weighted by atomic mass is 79.9. The van der Waals surface area contributed by atoms with Crippen LogP contribution in [0.15, 0.2) is 39.9 Å². The average Bonchev–Trinajstić information content (AvgIpc) is 2.35. The zero-order valence-electron chi connectivity index (χ0n) is 9.24. The molecule has 0 saturated carbocycles. The van der Waals surface area contributed by atoms with Gasteiger partial charge in [0.05, 0.1) is 11.2 Å². The van der Waals surface area contributed by atoms with Crippen LogP contribution >= 0.6 is 15.9 Å². The van der Waals surface area contributed by atoms with E-state index in [4.69, 9.17) is 5.84 Å². The molecule has 2 rings (SSSR count). The van der Waals surface area contributed by atoms with Crippen LogP contribution in [0.5, 0.6) is 0 Å². The quantitative estimate of drug-likeness (QED) is 0.325. The second-order valence-electron chi connectivity index (χ2n) is 3.37. The number of nitrogens with two attached hydrogens (primary N) is 1. The fourth-order valence-electron chi connectivity index (χ4n) is 1.52. The van der Waals surface area contributed by atoms with E-state index in [1.807, 2.05) is 24.3 Å². The molecule has 0 aliphatic heterocycles. The monoisotopic (exact) mass is 293 g/mol. The molecule has 0 radical (unpaired) electrons. The van der Waals surface area contributed by atoms with Crippen molar-refractivity contribution < 1.29 is 0 Å². The first kappa shape index (κ1) is 11.8. The number of anilines is 1. The molecule has 0 bridgehead atoms. The van der Waals surface area contributed by atoms with E-state index in [2.05, 4.69) is 36.6 Å². The minimum Gasteiger partial charge on any atom is -0.323 e. The number of guanidine groups is 1. The van der Waals surface area contributed by atoms with Gasteiger partial charge in [-0.2, -0.15) is 0 Å². The number of halogens is 1. The minimum absolute atomic E-state index is 0.488. The number of hydrogen-bond acceptors (Lipinski definition) is 3. The van der Waals surface area contributed by atoms with Gasteiger partial charge in [0.25, 0.3) is 0 Å². The summed E-state index contributed by atoms with van der Waals surface area (Å²) in [7, 11) is 1.65. The van der Waals surface area contributed by atoms with E-state index < -0.39 is 0 Å². The van der Waals surface area contributed by atoms with Crippen LogP contribution in [0.2, 0.25) is 0 Å². The predicted octanol–water partition coefficient (Wildman–Crippen LogP) is 1.86. The van der Waals surface area contributed by atoms with E-state index in [9.17, 15) is 0 Å². The fraction of sp³-hybridized carbons (Fsp3) is 0.0909. The molecule has 0 amide bonds. The number of fused-ring (bicyclic) bond motifs is 1. The molecular weight excluding hydrogens is 282 g/mol. The molecule has 17 heavy (non-hydrogen) atoms. The van der Waals surface area contributed by atoms with E-state index in [0.29, 0.717) is 5.96 Å². The molecule has 0 fully saturated rings. The van der Waals surface area contributed by atoms with Crippen LogP contribution < -0.4 is 16.6 Å². The Balaban J connectivity index is 2.47. The fourth-order valence-corrected chi connectivity index (χ4v) is 1.87. The van der Waals surface area contributed by atoms with Crippen LogP contribution in [0.3, 0.4) is 0 Å². The highest BCUT2D eigenvalue weighted by Crippen LogP contribution is 2.23. The number of nitrogens with zero attached hydrogens (tertiary/aromatic N) is 2. The van der Waals surface area contributed by atoms with Gasteiger partial charge in [0.1, 0.15) is 0 Å². The third-order valence-corrected chi connectivity index (χ3v) is 2.72. The standard InChI is InChI=1S/C11H12BrN5/c1-14-11(17-13)16-9-4-2-3-7-5-8(12)6-15-10(7)9/h2-6H,13H2,1H3,(H2,14,16,17). The van der Waals surface area contributed by atoms with E-state index >= 15 is 0 Å². The Bertz CT molecular complexity index is 567. The molecule has 0 aliphatic carbocycles. The summed E-state index contributed by atoms with van der Waals surface area (Å²) in [6, 6.07) is 7.87. The van der Waals surface area contributed by atoms with Crippen molar-refractivity contribution in [3.8, 4) is 0 Å². The summed E-state index contributed by atoms with van der Waals surface area (Å²) in [4.78, 5) is 8.33. The molecular formula is C11H12BrN5. The van der Waals surface area contributed by atoms with Crippen molar-refractivity contribution in [1.29, 1.82) is 0 Å². The van der Waals surface area contributed by atoms with Crippen LogP contribution in [0.4, 0.5) is 5.69 Å². The van der Waals surface area contributed by atoms with Crippen molar-refractivity contribution in [2.45, 2.75) is 0 Å². The number of benzene rings is 1. The molecule has 0 unspecified atom stereocenters. The normalized spacial score (nSPS) is 11.6. The summed E-state index contributed by atoms with van der Waals surface area (Å²) >= 11 is 3.40. The molecule has 5 nitrogen and oxygen atoms in total. The first-order valence-corrected chi connectivity index (χ1v) is 5.78. The SMILES string of the molecule is CN=C(NN)Nc1cccc2cc(Br)cnc12. The van der Waals surface area contributed by atoms with Crippen LogP contribution in [0.1, 0.15) is 0 Å². The van der Waals surface area contributed by atoms with Gasteiger partial charge in [-0.15, -0.1) is 0 Å². The topological polar surface area (TPSA) is 75.3 Å². The lowest BCUT2D eigenvalue weighted by atomic mass is 10.2. The maximum atomic E-state index is 5.33. The van der Waals surface area contributed by atoms with Gasteiger partial charge >= 0.3 is 0 Å². The number of hydrazine groups is 1. The van der Waals surface area contributed by atoms with Gasteiger partial charge in [-0.25, -0.2) is 5.84 Å². The summed E-state index contributed by atoms with van der Waals surface area (Å²) in [5, 5.41) is 4.12. The Morgan fingerprint density at radius 3 is 3.00 bits per heavy atom. The van der Waals surface area contributed by atoms with Crippen molar-refractivity contribution in [3.05, 3.63) is 34.9 Å². The molecule has 1 heterocycles. The predicted molar refractivity (Wildman–Crippen MR) is 73.7 cm³/mol. The largest absolute Gasteiger partial charge is 0.323 e. The molecule has 6 heteroatoms. The van der Waals surface area contributed by atoms with Gasteiger partial charge in [-0.05, 0) is 28.1 Å². The molecule has 4 N–H and O–H groups in total. The number of para-hydroxylation sites is 1.